The van der Waals surface area contributed by atoms with Crippen LogP contribution >= 0.6 is 0 Å². The molecule has 3 rings (SSSR count). The van der Waals surface area contributed by atoms with Gasteiger partial charge in [0.2, 0.25) is 0 Å². The first-order valence-corrected chi connectivity index (χ1v) is 8.17. The zero-order valence-corrected chi connectivity index (χ0v) is 12.3. The summed E-state index contributed by atoms with van der Waals surface area (Å²) in [6, 6.07) is 10.4. The molecule has 0 saturated heterocycles. The molecule has 0 saturated carbocycles. The minimum Gasteiger partial charge on any atom is -0.338 e. The van der Waals surface area contributed by atoms with Gasteiger partial charge >= 0.3 is 0 Å². The highest BCUT2D eigenvalue weighted by atomic mass is 32.2. The van der Waals surface area contributed by atoms with Crippen molar-refractivity contribution in [1.29, 1.82) is 5.26 Å². The third-order valence-corrected chi connectivity index (χ3v) is 4.35. The Labute approximate surface area is 126 Å². The van der Waals surface area contributed by atoms with E-state index in [9.17, 15) is 12.8 Å². The van der Waals surface area contributed by atoms with E-state index in [-0.39, 0.29) is 21.8 Å². The molecule has 1 N–H and O–H groups in total. The van der Waals surface area contributed by atoms with Crippen LogP contribution in [0.2, 0.25) is 0 Å². The number of nitriles is 1. The average Bonchev–Trinajstić information content (AvgIpc) is 2.88. The molecule has 7 heteroatoms. The summed E-state index contributed by atoms with van der Waals surface area (Å²) in [4.78, 5) is 7.32. The van der Waals surface area contributed by atoms with E-state index in [2.05, 4.69) is 9.97 Å². The Kier molecular flexibility index (Phi) is 3.19. The van der Waals surface area contributed by atoms with Gasteiger partial charge in [0, 0.05) is 6.26 Å². The van der Waals surface area contributed by atoms with E-state index in [1.807, 2.05) is 6.07 Å². The van der Waals surface area contributed by atoms with Crippen LogP contribution in [0.4, 0.5) is 4.39 Å². The average molecular weight is 315 g/mol. The predicted molar refractivity (Wildman–Crippen MR) is 79.3 cm³/mol. The van der Waals surface area contributed by atoms with Gasteiger partial charge in [-0.2, -0.15) is 5.26 Å². The fraction of sp³-hybridized carbons (Fsp3) is 0.0667. The van der Waals surface area contributed by atoms with Gasteiger partial charge in [0.15, 0.2) is 9.84 Å². The molecule has 1 heterocycles. The van der Waals surface area contributed by atoms with Gasteiger partial charge in [-0.05, 0) is 36.4 Å². The molecule has 0 bridgehead atoms. The number of H-pyrrole nitrogens is 1. The first kappa shape index (κ1) is 14.2. The van der Waals surface area contributed by atoms with Gasteiger partial charge in [-0.3, -0.25) is 0 Å². The molecule has 0 aliphatic carbocycles. The van der Waals surface area contributed by atoms with E-state index in [0.717, 1.165) is 12.3 Å². The van der Waals surface area contributed by atoms with Gasteiger partial charge in [-0.25, -0.2) is 17.8 Å². The number of aromatic amines is 1. The van der Waals surface area contributed by atoms with Crippen molar-refractivity contribution in [3.05, 3.63) is 47.8 Å². The minimum absolute atomic E-state index is 0.163. The summed E-state index contributed by atoms with van der Waals surface area (Å²) < 4.78 is 37.1. The summed E-state index contributed by atoms with van der Waals surface area (Å²) in [5.74, 6) is -0.288. The Balaban J connectivity index is 2.15. The molecule has 22 heavy (non-hydrogen) atoms. The normalized spacial score (nSPS) is 11.5. The van der Waals surface area contributed by atoms with Gasteiger partial charge in [-0.15, -0.1) is 0 Å². The van der Waals surface area contributed by atoms with E-state index in [1.165, 1.54) is 24.3 Å². The maximum absolute atomic E-state index is 14.0. The predicted octanol–water partition coefficient (Wildman–Crippen LogP) is 2.64. The van der Waals surface area contributed by atoms with Crippen molar-refractivity contribution in [1.82, 2.24) is 9.97 Å². The van der Waals surface area contributed by atoms with E-state index in [0.29, 0.717) is 11.0 Å². The van der Waals surface area contributed by atoms with Crippen molar-refractivity contribution in [3.63, 3.8) is 0 Å². The van der Waals surface area contributed by atoms with Crippen LogP contribution in [0.25, 0.3) is 22.4 Å². The lowest BCUT2D eigenvalue weighted by atomic mass is 10.1. The van der Waals surface area contributed by atoms with Crippen LogP contribution in [0.1, 0.15) is 5.56 Å². The van der Waals surface area contributed by atoms with Crippen molar-refractivity contribution in [2.75, 3.05) is 6.26 Å². The topological polar surface area (TPSA) is 86.6 Å². The Morgan fingerprint density at radius 2 is 2.00 bits per heavy atom. The molecular weight excluding hydrogens is 305 g/mol. The van der Waals surface area contributed by atoms with Crippen LogP contribution in [0.3, 0.4) is 0 Å². The number of benzene rings is 2. The molecule has 3 aromatic rings. The van der Waals surface area contributed by atoms with Crippen LogP contribution in [0.15, 0.2) is 41.3 Å². The van der Waals surface area contributed by atoms with Gasteiger partial charge in [0.25, 0.3) is 0 Å². The third-order valence-electron chi connectivity index (χ3n) is 3.23. The summed E-state index contributed by atoms with van der Waals surface area (Å²) in [5, 5.41) is 8.75. The zero-order valence-electron chi connectivity index (χ0n) is 11.5. The number of imidazole rings is 1. The van der Waals surface area contributed by atoms with Crippen molar-refractivity contribution in [2.45, 2.75) is 4.90 Å². The number of hydrogen-bond donors (Lipinski definition) is 1. The number of fused-ring (bicyclic) bond motifs is 1. The van der Waals surface area contributed by atoms with Crippen LogP contribution in [-0.4, -0.2) is 24.6 Å². The highest BCUT2D eigenvalue weighted by Crippen LogP contribution is 2.25. The van der Waals surface area contributed by atoms with E-state index in [1.54, 1.807) is 6.07 Å². The quantitative estimate of drug-likeness (QED) is 0.787. The molecule has 0 amide bonds. The van der Waals surface area contributed by atoms with Crippen LogP contribution in [-0.2, 0) is 9.84 Å². The first-order valence-electron chi connectivity index (χ1n) is 6.28. The smallest absolute Gasteiger partial charge is 0.175 e. The summed E-state index contributed by atoms with van der Waals surface area (Å²) in [5.41, 5.74) is 1.47. The van der Waals surface area contributed by atoms with Gasteiger partial charge in [0.1, 0.15) is 11.6 Å². The standard InChI is InChI=1S/C15H10FN3O2S/c1-22(20,21)10-3-5-13-14(7-10)19-15(18-13)11-4-2-9(8-17)6-12(11)16/h2-7H,1H3,(H,18,19). The van der Waals surface area contributed by atoms with Gasteiger partial charge < -0.3 is 4.98 Å². The van der Waals surface area contributed by atoms with Gasteiger partial charge in [0.05, 0.1) is 33.1 Å². The molecule has 0 unspecified atom stereocenters. The Morgan fingerprint density at radius 3 is 2.64 bits per heavy atom. The number of halogens is 1. The van der Waals surface area contributed by atoms with Crippen molar-refractivity contribution in [2.24, 2.45) is 0 Å². The summed E-state index contributed by atoms with van der Waals surface area (Å²) in [7, 11) is -3.32. The number of aromatic nitrogens is 2. The number of sulfone groups is 1. The number of rotatable bonds is 2. The van der Waals surface area contributed by atoms with Crippen molar-refractivity contribution >= 4 is 20.9 Å². The monoisotopic (exact) mass is 315 g/mol. The SMILES string of the molecule is CS(=O)(=O)c1ccc2nc(-c3ccc(C#N)cc3F)[nH]c2c1. The fourth-order valence-corrected chi connectivity index (χ4v) is 2.77. The second kappa shape index (κ2) is 4.93. The Morgan fingerprint density at radius 1 is 1.23 bits per heavy atom. The largest absolute Gasteiger partial charge is 0.338 e. The molecule has 0 aliphatic rings. The lowest BCUT2D eigenvalue weighted by molar-refractivity contribution is 0.602. The molecule has 1 aromatic heterocycles. The van der Waals surface area contributed by atoms with Crippen molar-refractivity contribution in [3.8, 4) is 17.5 Å². The second-order valence-corrected chi connectivity index (χ2v) is 6.86. The third kappa shape index (κ3) is 2.44. The fourth-order valence-electron chi connectivity index (χ4n) is 2.12. The Bertz CT molecular complexity index is 1030. The molecular formula is C15H10FN3O2S. The van der Waals surface area contributed by atoms with Crippen LogP contribution in [0, 0.1) is 17.1 Å². The molecule has 0 spiro atoms. The minimum atomic E-state index is -3.32. The molecule has 0 fully saturated rings. The number of nitrogens with zero attached hydrogens (tertiary/aromatic N) is 2. The van der Waals surface area contributed by atoms with E-state index < -0.39 is 15.7 Å². The lowest BCUT2D eigenvalue weighted by Crippen LogP contribution is -1.96. The number of hydrogen-bond acceptors (Lipinski definition) is 4. The molecule has 0 atom stereocenters. The summed E-state index contributed by atoms with van der Waals surface area (Å²) in [6.07, 6.45) is 1.12. The lowest BCUT2D eigenvalue weighted by Gasteiger charge is -1.99. The van der Waals surface area contributed by atoms with Gasteiger partial charge in [-0.1, -0.05) is 0 Å². The summed E-state index contributed by atoms with van der Waals surface area (Å²) >= 11 is 0. The Hall–Kier alpha value is -2.72. The maximum atomic E-state index is 14.0. The highest BCUT2D eigenvalue weighted by Gasteiger charge is 2.13. The second-order valence-electron chi connectivity index (χ2n) is 4.84. The molecule has 2 aromatic carbocycles. The van der Waals surface area contributed by atoms with Crippen LogP contribution < -0.4 is 0 Å². The highest BCUT2D eigenvalue weighted by molar-refractivity contribution is 7.90. The first-order chi connectivity index (χ1) is 10.4. The van der Waals surface area contributed by atoms with Crippen molar-refractivity contribution < 1.29 is 12.8 Å². The van der Waals surface area contributed by atoms with E-state index in [4.69, 9.17) is 5.26 Å². The van der Waals surface area contributed by atoms with E-state index >= 15 is 0 Å². The maximum Gasteiger partial charge on any atom is 0.175 e. The molecule has 0 radical (unpaired) electrons. The molecule has 5 nitrogen and oxygen atoms in total. The molecule has 110 valence electrons. The van der Waals surface area contributed by atoms with Crippen LogP contribution in [0.5, 0.6) is 0 Å². The molecule has 0 aliphatic heterocycles. The zero-order chi connectivity index (χ0) is 15.9. The summed E-state index contributed by atoms with van der Waals surface area (Å²) in [6.45, 7) is 0. The number of nitrogens with one attached hydrogen (secondary N) is 1.